The molecule has 0 bridgehead atoms. The fraction of sp³-hybridized carbons (Fsp3) is 0.600. The van der Waals surface area contributed by atoms with Crippen LogP contribution < -0.4 is 10.2 Å². The van der Waals surface area contributed by atoms with Crippen LogP contribution in [0.2, 0.25) is 0 Å². The van der Waals surface area contributed by atoms with Crippen molar-refractivity contribution < 1.29 is 4.90 Å². The molecule has 0 saturated heterocycles. The van der Waals surface area contributed by atoms with Gasteiger partial charge in [0.05, 0.1) is 23.4 Å². The number of fused-ring (bicyclic) bond motifs is 5. The second-order valence-corrected chi connectivity index (χ2v) is 7.18. The number of nitrogens with zero attached hydrogens (tertiary/aromatic N) is 5. The van der Waals surface area contributed by atoms with Crippen LogP contribution in [0, 0.1) is 0 Å². The minimum atomic E-state index is 0.579. The van der Waals surface area contributed by atoms with E-state index in [9.17, 15) is 0 Å². The highest BCUT2D eigenvalue weighted by Gasteiger charge is 2.26. The highest BCUT2D eigenvalue weighted by Crippen LogP contribution is 2.36. The number of hydrogen-bond acceptors (Lipinski definition) is 6. The number of aromatic nitrogens is 5. The molecule has 3 aromatic heterocycles. The molecule has 0 aromatic carbocycles. The van der Waals surface area contributed by atoms with E-state index >= 15 is 0 Å². The van der Waals surface area contributed by atoms with Crippen molar-refractivity contribution in [1.82, 2.24) is 25.0 Å². The minimum Gasteiger partial charge on any atom is -0.369 e. The maximum absolute atomic E-state index is 4.67. The summed E-state index contributed by atoms with van der Waals surface area (Å²) < 4.78 is 1.79. The molecule has 0 radical (unpaired) electrons. The van der Waals surface area contributed by atoms with Crippen LogP contribution in [0.4, 0.5) is 5.82 Å². The van der Waals surface area contributed by atoms with Gasteiger partial charge in [0.25, 0.3) is 5.78 Å². The third-order valence-corrected chi connectivity index (χ3v) is 5.84. The van der Waals surface area contributed by atoms with E-state index in [0.717, 1.165) is 36.6 Å². The smallest absolute Gasteiger partial charge is 0.276 e. The summed E-state index contributed by atoms with van der Waals surface area (Å²) in [4.78, 5) is 8.90. The molecule has 4 heterocycles. The van der Waals surface area contributed by atoms with Crippen LogP contribution in [0.15, 0.2) is 0 Å². The first-order chi connectivity index (χ1) is 11.3. The first kappa shape index (κ1) is 14.8. The lowest BCUT2D eigenvalue weighted by Crippen LogP contribution is -3.11. The molecule has 3 aromatic rings. The number of tetrazole rings is 1. The Balaban J connectivity index is 1.87. The van der Waals surface area contributed by atoms with Gasteiger partial charge in [-0.3, -0.25) is 0 Å². The van der Waals surface area contributed by atoms with Gasteiger partial charge in [-0.15, -0.1) is 11.3 Å². The van der Waals surface area contributed by atoms with Crippen molar-refractivity contribution in [3.05, 3.63) is 10.4 Å². The normalized spacial score (nSPS) is 17.7. The van der Waals surface area contributed by atoms with Gasteiger partial charge >= 0.3 is 0 Å². The van der Waals surface area contributed by atoms with Crippen LogP contribution in [0.1, 0.15) is 37.1 Å². The van der Waals surface area contributed by atoms with Gasteiger partial charge in [-0.2, -0.15) is 9.50 Å². The molecular formula is C15H22N7S+. The van der Waals surface area contributed by atoms with Gasteiger partial charge in [-0.05, 0) is 29.3 Å². The fourth-order valence-electron chi connectivity index (χ4n) is 3.27. The van der Waals surface area contributed by atoms with E-state index in [1.54, 1.807) is 9.42 Å². The molecular weight excluding hydrogens is 310 g/mol. The van der Waals surface area contributed by atoms with Crippen LogP contribution in [0.25, 0.3) is 16.0 Å². The standard InChI is InChI=1S/C15H21N7S/c1-3-5-7-16-13-12-10-6-8-21(4-2)9-11(10)23-14(12)22-15(17-13)18-19-20-22/h3-9H2,1-2H3,(H,16,17,18,20)/p+1. The Bertz CT molecular complexity index is 837. The summed E-state index contributed by atoms with van der Waals surface area (Å²) in [5.41, 5.74) is 1.45. The van der Waals surface area contributed by atoms with Crippen LogP contribution in [0.5, 0.6) is 0 Å². The fourth-order valence-corrected chi connectivity index (χ4v) is 4.63. The molecule has 1 aliphatic heterocycles. The van der Waals surface area contributed by atoms with Gasteiger partial charge in [-0.25, -0.2) is 0 Å². The Labute approximate surface area is 138 Å². The Hall–Kier alpha value is -1.80. The summed E-state index contributed by atoms with van der Waals surface area (Å²) in [7, 11) is 0. The molecule has 0 amide bonds. The number of anilines is 1. The van der Waals surface area contributed by atoms with Crippen LogP contribution in [-0.2, 0) is 13.0 Å². The Morgan fingerprint density at radius 1 is 1.35 bits per heavy atom. The van der Waals surface area contributed by atoms with Crippen LogP contribution >= 0.6 is 11.3 Å². The zero-order chi connectivity index (χ0) is 15.8. The van der Waals surface area contributed by atoms with Crippen LogP contribution in [0.3, 0.4) is 0 Å². The topological polar surface area (TPSA) is 72.4 Å². The largest absolute Gasteiger partial charge is 0.369 e. The molecule has 4 rings (SSSR count). The van der Waals surface area contributed by atoms with Crippen molar-refractivity contribution in [1.29, 1.82) is 0 Å². The van der Waals surface area contributed by atoms with Crippen molar-refractivity contribution in [3.8, 4) is 0 Å². The minimum absolute atomic E-state index is 0.579. The summed E-state index contributed by atoms with van der Waals surface area (Å²) in [6.07, 6.45) is 3.41. The van der Waals surface area contributed by atoms with E-state index in [2.05, 4.69) is 39.7 Å². The number of quaternary nitrogens is 1. The molecule has 2 N–H and O–H groups in total. The molecule has 1 atom stereocenters. The molecule has 0 aliphatic carbocycles. The molecule has 1 aliphatic rings. The second-order valence-electron chi connectivity index (χ2n) is 6.10. The summed E-state index contributed by atoms with van der Waals surface area (Å²) in [5, 5.41) is 16.7. The number of rotatable bonds is 5. The van der Waals surface area contributed by atoms with Crippen molar-refractivity contribution >= 4 is 33.1 Å². The molecule has 8 heteroatoms. The molecule has 7 nitrogen and oxygen atoms in total. The first-order valence-corrected chi connectivity index (χ1v) is 9.23. The van der Waals surface area contributed by atoms with Gasteiger partial charge in [-0.1, -0.05) is 18.4 Å². The first-order valence-electron chi connectivity index (χ1n) is 8.41. The summed E-state index contributed by atoms with van der Waals surface area (Å²) in [6.45, 7) is 8.86. The number of hydrogen-bond donors (Lipinski definition) is 2. The third-order valence-electron chi connectivity index (χ3n) is 4.63. The Morgan fingerprint density at radius 3 is 3.09 bits per heavy atom. The highest BCUT2D eigenvalue weighted by atomic mass is 32.1. The molecule has 122 valence electrons. The maximum Gasteiger partial charge on any atom is 0.276 e. The SMILES string of the molecule is CCCCNc1nc2nnnn2c2sc3c(c12)CC[NH+](CC)C3. The Morgan fingerprint density at radius 2 is 2.26 bits per heavy atom. The molecule has 23 heavy (non-hydrogen) atoms. The maximum atomic E-state index is 4.67. The van der Waals surface area contributed by atoms with E-state index in [1.165, 1.54) is 35.3 Å². The molecule has 0 fully saturated rings. The lowest BCUT2D eigenvalue weighted by Gasteiger charge is -2.22. The van der Waals surface area contributed by atoms with Gasteiger partial charge in [0.2, 0.25) is 0 Å². The number of nitrogens with one attached hydrogen (secondary N) is 2. The highest BCUT2D eigenvalue weighted by molar-refractivity contribution is 7.19. The monoisotopic (exact) mass is 332 g/mol. The van der Waals surface area contributed by atoms with E-state index in [1.807, 2.05) is 11.3 Å². The zero-order valence-corrected chi connectivity index (χ0v) is 14.4. The number of unbranched alkanes of at least 4 members (excludes halogenated alkanes) is 1. The van der Waals surface area contributed by atoms with E-state index < -0.39 is 0 Å². The van der Waals surface area contributed by atoms with Gasteiger partial charge < -0.3 is 10.2 Å². The average Bonchev–Trinajstić information content (AvgIpc) is 3.18. The quantitative estimate of drug-likeness (QED) is 0.680. The zero-order valence-electron chi connectivity index (χ0n) is 13.6. The number of likely N-dealkylation sites (N-methyl/N-ethyl adjacent to an activating group) is 1. The van der Waals surface area contributed by atoms with Crippen molar-refractivity contribution in [2.75, 3.05) is 25.0 Å². The molecule has 1 unspecified atom stereocenters. The van der Waals surface area contributed by atoms with E-state index in [-0.39, 0.29) is 0 Å². The van der Waals surface area contributed by atoms with Crippen LogP contribution in [-0.4, -0.2) is 44.7 Å². The predicted octanol–water partition coefficient (Wildman–Crippen LogP) is 0.907. The van der Waals surface area contributed by atoms with E-state index in [0.29, 0.717) is 5.78 Å². The van der Waals surface area contributed by atoms with Crippen molar-refractivity contribution in [3.63, 3.8) is 0 Å². The summed E-state index contributed by atoms with van der Waals surface area (Å²) >= 11 is 1.83. The van der Waals surface area contributed by atoms with E-state index in [4.69, 9.17) is 0 Å². The Kier molecular flexibility index (Phi) is 3.86. The lowest BCUT2D eigenvalue weighted by atomic mass is 10.0. The van der Waals surface area contributed by atoms with Gasteiger partial charge in [0.15, 0.2) is 0 Å². The third kappa shape index (κ3) is 2.46. The summed E-state index contributed by atoms with van der Waals surface area (Å²) in [5.74, 6) is 1.53. The molecule has 0 saturated carbocycles. The summed E-state index contributed by atoms with van der Waals surface area (Å²) in [6, 6.07) is 0. The lowest BCUT2D eigenvalue weighted by molar-refractivity contribution is -0.913. The predicted molar refractivity (Wildman–Crippen MR) is 91.1 cm³/mol. The number of thiophene rings is 1. The van der Waals surface area contributed by atoms with Crippen molar-refractivity contribution in [2.24, 2.45) is 0 Å². The van der Waals surface area contributed by atoms with Crippen molar-refractivity contribution in [2.45, 2.75) is 39.7 Å². The second kappa shape index (κ2) is 6.01. The van der Waals surface area contributed by atoms with Gasteiger partial charge in [0, 0.05) is 13.0 Å². The van der Waals surface area contributed by atoms with Gasteiger partial charge in [0.1, 0.15) is 17.2 Å². The average molecular weight is 332 g/mol. The molecule has 0 spiro atoms.